The van der Waals surface area contributed by atoms with Crippen LogP contribution < -0.4 is 10.6 Å². The minimum atomic E-state index is -0.489. The third-order valence-corrected chi connectivity index (χ3v) is 13.4. The van der Waals surface area contributed by atoms with Gasteiger partial charge in [0, 0.05) is 42.8 Å². The van der Waals surface area contributed by atoms with Crippen molar-refractivity contribution >= 4 is 28.8 Å². The normalized spacial score (nSPS) is 27.3. The minimum Gasteiger partial charge on any atom is -0.508 e. The minimum absolute atomic E-state index is 0.0547. The van der Waals surface area contributed by atoms with Gasteiger partial charge < -0.3 is 25.2 Å². The van der Waals surface area contributed by atoms with Crippen molar-refractivity contribution in [2.24, 2.45) is 29.3 Å². The van der Waals surface area contributed by atoms with Gasteiger partial charge in [0.2, 0.25) is 5.91 Å². The van der Waals surface area contributed by atoms with Gasteiger partial charge in [-0.15, -0.1) is 0 Å². The standard InChI is InChI=1S/C44H49FN6O5/c1-44-16-14-31-30-11-9-29(52)20-26(30)6-10-32(31)34(44)12-13-37(44)56-18-3-17-55-19-15-38(54)49-28-7-4-25(5-8-28)41-40(43-47-24-48-51(43)2)42-39-33(36(53)23-46-42)21-27(45)22-35(39)50-41/h4-5,7-9,11,20-22,24,31-32,34,37,40-41,50,52H,3,6,10,12-19,23H2,1-2H3,(H,49,54)/t31-,32-,34+,37?,40-,41-,44+/m1/s1. The van der Waals surface area contributed by atoms with Gasteiger partial charge in [0.1, 0.15) is 30.3 Å². The fraction of sp³-hybridized carbons (Fsp3) is 0.477. The number of nitrogens with zero attached hydrogens (tertiary/aromatic N) is 4. The Hall–Kier alpha value is -4.94. The molecule has 0 radical (unpaired) electrons. The molecule has 3 heterocycles. The number of aryl methyl sites for hydroxylation is 2. The summed E-state index contributed by atoms with van der Waals surface area (Å²) in [7, 11) is 1.81. The zero-order valence-electron chi connectivity index (χ0n) is 32.0. The van der Waals surface area contributed by atoms with Crippen LogP contribution in [-0.4, -0.2) is 69.7 Å². The number of phenols is 1. The van der Waals surface area contributed by atoms with Crippen LogP contribution >= 0.6 is 0 Å². The van der Waals surface area contributed by atoms with Crippen LogP contribution in [0.15, 0.2) is 65.9 Å². The number of benzene rings is 3. The highest BCUT2D eigenvalue weighted by Crippen LogP contribution is 2.61. The lowest BCUT2D eigenvalue weighted by molar-refractivity contribution is -0.117. The molecule has 3 aliphatic carbocycles. The Morgan fingerprint density at radius 1 is 1.07 bits per heavy atom. The van der Waals surface area contributed by atoms with E-state index in [1.165, 1.54) is 55.3 Å². The largest absolute Gasteiger partial charge is 0.508 e. The number of aliphatic imine (C=N–C) groups is 1. The highest BCUT2D eigenvalue weighted by molar-refractivity contribution is 6.21. The zero-order chi connectivity index (χ0) is 38.6. The predicted molar refractivity (Wildman–Crippen MR) is 210 cm³/mol. The first-order valence-corrected chi connectivity index (χ1v) is 20.1. The summed E-state index contributed by atoms with van der Waals surface area (Å²) in [5, 5.41) is 20.7. The van der Waals surface area contributed by atoms with Crippen LogP contribution in [0.2, 0.25) is 0 Å². The van der Waals surface area contributed by atoms with Crippen LogP contribution in [0, 0.1) is 23.1 Å². The fourth-order valence-corrected chi connectivity index (χ4v) is 10.8. The fourth-order valence-electron chi connectivity index (χ4n) is 10.8. The number of fused-ring (bicyclic) bond motifs is 5. The molecule has 1 aromatic heterocycles. The van der Waals surface area contributed by atoms with E-state index >= 15 is 0 Å². The van der Waals surface area contributed by atoms with E-state index in [-0.39, 0.29) is 48.1 Å². The van der Waals surface area contributed by atoms with Gasteiger partial charge in [-0.3, -0.25) is 19.3 Å². The van der Waals surface area contributed by atoms with Crippen molar-refractivity contribution in [1.82, 2.24) is 14.8 Å². The number of hydrogen-bond donors (Lipinski definition) is 3. The molecule has 2 fully saturated rings. The van der Waals surface area contributed by atoms with Crippen molar-refractivity contribution in [3.8, 4) is 5.75 Å². The van der Waals surface area contributed by atoms with Gasteiger partial charge in [0.25, 0.3) is 0 Å². The van der Waals surface area contributed by atoms with Crippen LogP contribution in [0.25, 0.3) is 0 Å². The van der Waals surface area contributed by atoms with E-state index in [4.69, 9.17) is 9.47 Å². The summed E-state index contributed by atoms with van der Waals surface area (Å²) in [6.45, 7) is 3.92. The Kier molecular flexibility index (Phi) is 9.73. The van der Waals surface area contributed by atoms with Crippen LogP contribution in [0.4, 0.5) is 15.8 Å². The smallest absolute Gasteiger partial charge is 0.226 e. The molecule has 0 saturated heterocycles. The molecule has 0 spiro atoms. The Balaban J connectivity index is 0.747. The van der Waals surface area contributed by atoms with Gasteiger partial charge >= 0.3 is 0 Å². The van der Waals surface area contributed by atoms with E-state index < -0.39 is 5.82 Å². The van der Waals surface area contributed by atoms with Crippen LogP contribution in [0.3, 0.4) is 0 Å². The van der Waals surface area contributed by atoms with E-state index in [0.717, 1.165) is 24.8 Å². The molecule has 5 aliphatic rings. The molecule has 56 heavy (non-hydrogen) atoms. The molecule has 0 bridgehead atoms. The summed E-state index contributed by atoms with van der Waals surface area (Å²) in [5.74, 6) is 1.78. The van der Waals surface area contributed by atoms with Gasteiger partial charge in [-0.05, 0) is 121 Å². The number of phenolic OH excluding ortho intramolecular Hbond substituents is 1. The first-order valence-electron chi connectivity index (χ1n) is 20.1. The molecule has 9 rings (SSSR count). The third-order valence-electron chi connectivity index (χ3n) is 13.4. The summed E-state index contributed by atoms with van der Waals surface area (Å²) in [6.07, 6.45) is 9.73. The summed E-state index contributed by atoms with van der Waals surface area (Å²) in [5.41, 5.74) is 6.66. The lowest BCUT2D eigenvalue weighted by Gasteiger charge is -2.50. The van der Waals surface area contributed by atoms with Crippen LogP contribution in [0.1, 0.15) is 108 Å². The number of anilines is 2. The number of rotatable bonds is 11. The number of amides is 1. The highest BCUT2D eigenvalue weighted by atomic mass is 19.1. The number of carbonyl (C=O) groups excluding carboxylic acids is 2. The summed E-state index contributed by atoms with van der Waals surface area (Å²) in [6, 6.07) is 15.8. The highest BCUT2D eigenvalue weighted by Gasteiger charge is 2.55. The lowest BCUT2D eigenvalue weighted by atomic mass is 9.55. The molecule has 3 N–H and O–H groups in total. The maximum Gasteiger partial charge on any atom is 0.226 e. The number of aromatic nitrogens is 3. The molecule has 12 heteroatoms. The Morgan fingerprint density at radius 3 is 2.75 bits per heavy atom. The number of ketones is 1. The van der Waals surface area contributed by atoms with Crippen molar-refractivity contribution < 1.29 is 28.6 Å². The average Bonchev–Trinajstić information content (AvgIpc) is 3.77. The molecular formula is C44H49FN6O5. The molecular weight excluding hydrogens is 712 g/mol. The third kappa shape index (κ3) is 6.60. The number of nitrogens with one attached hydrogen (secondary N) is 2. The van der Waals surface area contributed by atoms with Gasteiger partial charge in [-0.25, -0.2) is 9.37 Å². The number of carbonyl (C=O) groups is 2. The van der Waals surface area contributed by atoms with Gasteiger partial charge in [-0.1, -0.05) is 25.1 Å². The van der Waals surface area contributed by atoms with Crippen molar-refractivity contribution in [3.05, 3.63) is 100 Å². The van der Waals surface area contributed by atoms with Crippen LogP contribution in [-0.2, 0) is 27.7 Å². The molecule has 3 aromatic carbocycles. The number of hydrogen-bond acceptors (Lipinski definition) is 9. The first kappa shape index (κ1) is 36.7. The first-order chi connectivity index (χ1) is 27.2. The maximum absolute atomic E-state index is 14.7. The monoisotopic (exact) mass is 760 g/mol. The van der Waals surface area contributed by atoms with Crippen molar-refractivity contribution in [1.29, 1.82) is 0 Å². The Bertz CT molecular complexity index is 2190. The summed E-state index contributed by atoms with van der Waals surface area (Å²) >= 11 is 0. The molecule has 7 atom stereocenters. The van der Waals surface area contributed by atoms with Crippen LogP contribution in [0.5, 0.6) is 5.75 Å². The van der Waals surface area contributed by atoms with Crippen molar-refractivity contribution in [3.63, 3.8) is 0 Å². The summed E-state index contributed by atoms with van der Waals surface area (Å²) in [4.78, 5) is 34.8. The van der Waals surface area contributed by atoms with E-state index in [2.05, 4.69) is 38.7 Å². The number of aromatic hydroxyl groups is 1. The van der Waals surface area contributed by atoms with Gasteiger partial charge in [0.05, 0.1) is 36.8 Å². The van der Waals surface area contributed by atoms with Gasteiger partial charge in [-0.2, -0.15) is 5.10 Å². The quantitative estimate of drug-likeness (QED) is 0.136. The average molecular weight is 761 g/mol. The second-order valence-corrected chi connectivity index (χ2v) is 16.5. The lowest BCUT2D eigenvalue weighted by Crippen LogP contribution is -2.44. The molecule has 4 aromatic rings. The van der Waals surface area contributed by atoms with E-state index in [1.54, 1.807) is 4.68 Å². The maximum atomic E-state index is 14.7. The molecule has 292 valence electrons. The second kappa shape index (κ2) is 14.9. The zero-order valence-corrected chi connectivity index (χ0v) is 32.0. The molecule has 2 saturated carbocycles. The van der Waals surface area contributed by atoms with Crippen molar-refractivity contribution in [2.45, 2.75) is 82.3 Å². The molecule has 11 nitrogen and oxygen atoms in total. The van der Waals surface area contributed by atoms with Crippen molar-refractivity contribution in [2.75, 3.05) is 37.0 Å². The Labute approximate surface area is 326 Å². The van der Waals surface area contributed by atoms with E-state index in [9.17, 15) is 19.1 Å². The van der Waals surface area contributed by atoms with E-state index in [0.29, 0.717) is 77.4 Å². The SMILES string of the molecule is Cn1ncnc1[C@H]1C2=NCC(=O)c3cc(F)cc(c32)N[C@@H]1c1ccc(NC(=O)CCOCCCOC2CC[C@H]3[C@@H]4CCc5cc(O)ccc5[C@H]4CC[C@]23C)cc1. The molecule has 1 unspecified atom stereocenters. The van der Waals surface area contributed by atoms with Gasteiger partial charge in [0.15, 0.2) is 5.78 Å². The Morgan fingerprint density at radius 2 is 1.93 bits per heavy atom. The number of halogens is 1. The predicted octanol–water partition coefficient (Wildman–Crippen LogP) is 7.27. The molecule has 1 amide bonds. The molecule has 2 aliphatic heterocycles. The van der Waals surface area contributed by atoms with E-state index in [1.807, 2.05) is 43.4 Å². The second-order valence-electron chi connectivity index (χ2n) is 16.5. The number of Topliss-reactive ketones (excluding diaryl/α,β-unsaturated/α-hetero) is 1. The number of ether oxygens (including phenoxy) is 2. The topological polar surface area (TPSA) is 140 Å². The summed E-state index contributed by atoms with van der Waals surface area (Å²) < 4.78 is 28.7.